The highest BCUT2D eigenvalue weighted by Crippen LogP contribution is 2.25. The summed E-state index contributed by atoms with van der Waals surface area (Å²) in [5.74, 6) is 0.330. The van der Waals surface area contributed by atoms with Crippen LogP contribution in [0.5, 0.6) is 0 Å². The highest BCUT2D eigenvalue weighted by molar-refractivity contribution is 7.92. The number of hydrogen-bond acceptors (Lipinski definition) is 3. The summed E-state index contributed by atoms with van der Waals surface area (Å²) < 4.78 is 26.8. The van der Waals surface area contributed by atoms with Crippen LogP contribution < -0.4 is 9.62 Å². The zero-order valence-corrected chi connectivity index (χ0v) is 16.6. The van der Waals surface area contributed by atoms with Crippen LogP contribution in [-0.2, 0) is 10.0 Å². The molecule has 6 heteroatoms. The van der Waals surface area contributed by atoms with Crippen molar-refractivity contribution in [2.45, 2.75) is 43.5 Å². The number of rotatable bonds is 5. The summed E-state index contributed by atoms with van der Waals surface area (Å²) in [6.45, 7) is 2.17. The van der Waals surface area contributed by atoms with Gasteiger partial charge in [0.15, 0.2) is 0 Å². The first-order valence-corrected chi connectivity index (χ1v) is 10.8. The smallest absolute Gasteiger partial charge is 0.264 e. The normalized spacial score (nSPS) is 20.1. The Morgan fingerprint density at radius 2 is 1.63 bits per heavy atom. The van der Waals surface area contributed by atoms with Crippen LogP contribution in [0.3, 0.4) is 0 Å². The second-order valence-electron chi connectivity index (χ2n) is 7.17. The molecule has 3 rings (SSSR count). The van der Waals surface area contributed by atoms with Crippen molar-refractivity contribution in [3.63, 3.8) is 0 Å². The fourth-order valence-electron chi connectivity index (χ4n) is 3.50. The zero-order chi connectivity index (χ0) is 19.4. The molecule has 5 nitrogen and oxygen atoms in total. The van der Waals surface area contributed by atoms with Gasteiger partial charge in [0, 0.05) is 18.7 Å². The second-order valence-corrected chi connectivity index (χ2v) is 9.14. The zero-order valence-electron chi connectivity index (χ0n) is 15.8. The number of para-hydroxylation sites is 1. The molecule has 0 radical (unpaired) electrons. The average molecular weight is 387 g/mol. The lowest BCUT2D eigenvalue weighted by molar-refractivity contribution is 0.0910. The van der Waals surface area contributed by atoms with Crippen molar-refractivity contribution < 1.29 is 13.2 Å². The van der Waals surface area contributed by atoms with Gasteiger partial charge in [0.1, 0.15) is 0 Å². The summed E-state index contributed by atoms with van der Waals surface area (Å²) in [6, 6.07) is 15.2. The Bertz CT molecular complexity index is 879. The van der Waals surface area contributed by atoms with E-state index < -0.39 is 10.0 Å². The van der Waals surface area contributed by atoms with E-state index in [1.54, 1.807) is 36.4 Å². The molecule has 1 amide bonds. The first kappa shape index (κ1) is 19.4. The lowest BCUT2D eigenvalue weighted by Gasteiger charge is -2.29. The first-order chi connectivity index (χ1) is 12.9. The quantitative estimate of drug-likeness (QED) is 0.849. The molecule has 2 aromatic rings. The third-order valence-electron chi connectivity index (χ3n) is 5.32. The molecule has 2 aromatic carbocycles. The van der Waals surface area contributed by atoms with Crippen LogP contribution in [0.2, 0.25) is 0 Å². The number of benzene rings is 2. The van der Waals surface area contributed by atoms with E-state index in [9.17, 15) is 13.2 Å². The van der Waals surface area contributed by atoms with Gasteiger partial charge in [0.25, 0.3) is 15.9 Å². The Morgan fingerprint density at radius 3 is 2.26 bits per heavy atom. The predicted octanol–water partition coefficient (Wildman–Crippen LogP) is 3.82. The predicted molar refractivity (Wildman–Crippen MR) is 107 cm³/mol. The van der Waals surface area contributed by atoms with Gasteiger partial charge in [-0.2, -0.15) is 0 Å². The Morgan fingerprint density at radius 1 is 1.00 bits per heavy atom. The largest absolute Gasteiger partial charge is 0.349 e. The van der Waals surface area contributed by atoms with E-state index in [1.165, 1.54) is 29.9 Å². The van der Waals surface area contributed by atoms with E-state index >= 15 is 0 Å². The standard InChI is InChI=1S/C21H26N2O3S/c1-16-8-6-7-11-20(16)22-21(24)17-12-14-19(15-13-17)27(25,26)23(2)18-9-4-3-5-10-18/h3-5,9-10,12-16,20H,6-8,11H2,1-2H3,(H,22,24)/t16-,20-/m0/s1. The molecule has 0 heterocycles. The number of carbonyl (C=O) groups excluding carboxylic acids is 1. The molecule has 1 fully saturated rings. The summed E-state index contributed by atoms with van der Waals surface area (Å²) in [5.41, 5.74) is 1.07. The van der Waals surface area contributed by atoms with E-state index in [1.807, 2.05) is 6.07 Å². The van der Waals surface area contributed by atoms with Gasteiger partial charge in [-0.3, -0.25) is 9.10 Å². The third-order valence-corrected chi connectivity index (χ3v) is 7.12. The number of amides is 1. The number of hydrogen-bond donors (Lipinski definition) is 1. The molecule has 144 valence electrons. The molecule has 0 aromatic heterocycles. The summed E-state index contributed by atoms with van der Waals surface area (Å²) in [5, 5.41) is 3.09. The molecular weight excluding hydrogens is 360 g/mol. The summed E-state index contributed by atoms with van der Waals surface area (Å²) >= 11 is 0. The van der Waals surface area contributed by atoms with Gasteiger partial charge in [-0.05, 0) is 55.2 Å². The fourth-order valence-corrected chi connectivity index (χ4v) is 4.69. The minimum Gasteiger partial charge on any atom is -0.349 e. The lowest BCUT2D eigenvalue weighted by Crippen LogP contribution is -2.41. The van der Waals surface area contributed by atoms with Gasteiger partial charge < -0.3 is 5.32 Å². The molecule has 1 aliphatic rings. The van der Waals surface area contributed by atoms with Gasteiger partial charge in [-0.1, -0.05) is 38.0 Å². The Balaban J connectivity index is 1.73. The fraction of sp³-hybridized carbons (Fsp3) is 0.381. The lowest BCUT2D eigenvalue weighted by atomic mass is 9.86. The molecule has 0 bridgehead atoms. The van der Waals surface area contributed by atoms with Crippen molar-refractivity contribution in [1.29, 1.82) is 0 Å². The molecule has 1 saturated carbocycles. The monoisotopic (exact) mass is 386 g/mol. The van der Waals surface area contributed by atoms with Crippen molar-refractivity contribution in [3.8, 4) is 0 Å². The minimum atomic E-state index is -3.67. The number of nitrogens with one attached hydrogen (secondary N) is 1. The Hall–Kier alpha value is -2.34. The van der Waals surface area contributed by atoms with Crippen LogP contribution >= 0.6 is 0 Å². The second kappa shape index (κ2) is 8.13. The van der Waals surface area contributed by atoms with Crippen LogP contribution in [0.15, 0.2) is 59.5 Å². The molecule has 0 aliphatic heterocycles. The Kier molecular flexibility index (Phi) is 5.85. The van der Waals surface area contributed by atoms with Crippen LogP contribution in [0.4, 0.5) is 5.69 Å². The van der Waals surface area contributed by atoms with Crippen molar-refractivity contribution >= 4 is 21.6 Å². The minimum absolute atomic E-state index is 0.144. The maximum absolute atomic E-state index is 12.8. The van der Waals surface area contributed by atoms with Gasteiger partial charge in [0.05, 0.1) is 10.6 Å². The van der Waals surface area contributed by atoms with Crippen molar-refractivity contribution in [2.24, 2.45) is 5.92 Å². The topological polar surface area (TPSA) is 66.5 Å². The summed E-state index contributed by atoms with van der Waals surface area (Å²) in [7, 11) is -2.15. The van der Waals surface area contributed by atoms with E-state index in [0.29, 0.717) is 17.2 Å². The summed E-state index contributed by atoms with van der Waals surface area (Å²) in [6.07, 6.45) is 4.49. The maximum atomic E-state index is 12.8. The van der Waals surface area contributed by atoms with Crippen molar-refractivity contribution in [3.05, 3.63) is 60.2 Å². The third kappa shape index (κ3) is 4.33. The van der Waals surface area contributed by atoms with Gasteiger partial charge >= 0.3 is 0 Å². The van der Waals surface area contributed by atoms with Crippen LogP contribution in [0.25, 0.3) is 0 Å². The molecule has 2 atom stereocenters. The van der Waals surface area contributed by atoms with E-state index in [4.69, 9.17) is 0 Å². The number of nitrogens with zero attached hydrogens (tertiary/aromatic N) is 1. The van der Waals surface area contributed by atoms with Gasteiger partial charge in [-0.25, -0.2) is 8.42 Å². The van der Waals surface area contributed by atoms with E-state index in [0.717, 1.165) is 19.3 Å². The number of sulfonamides is 1. The number of anilines is 1. The highest BCUT2D eigenvalue weighted by atomic mass is 32.2. The molecule has 1 aliphatic carbocycles. The average Bonchev–Trinajstić information content (AvgIpc) is 2.70. The van der Waals surface area contributed by atoms with Crippen LogP contribution in [0, 0.1) is 5.92 Å². The summed E-state index contributed by atoms with van der Waals surface area (Å²) in [4.78, 5) is 12.7. The van der Waals surface area contributed by atoms with E-state index in [2.05, 4.69) is 12.2 Å². The van der Waals surface area contributed by atoms with Gasteiger partial charge in [-0.15, -0.1) is 0 Å². The van der Waals surface area contributed by atoms with Crippen molar-refractivity contribution in [1.82, 2.24) is 5.32 Å². The number of carbonyl (C=O) groups is 1. The van der Waals surface area contributed by atoms with Crippen molar-refractivity contribution in [2.75, 3.05) is 11.4 Å². The molecule has 0 spiro atoms. The molecule has 0 unspecified atom stereocenters. The van der Waals surface area contributed by atoms with Crippen LogP contribution in [0.1, 0.15) is 43.0 Å². The van der Waals surface area contributed by atoms with Gasteiger partial charge in [0.2, 0.25) is 0 Å². The maximum Gasteiger partial charge on any atom is 0.264 e. The highest BCUT2D eigenvalue weighted by Gasteiger charge is 2.24. The SMILES string of the molecule is C[C@H]1CCCC[C@@H]1NC(=O)c1ccc(S(=O)(=O)N(C)c2ccccc2)cc1. The Labute approximate surface area is 161 Å². The molecule has 27 heavy (non-hydrogen) atoms. The first-order valence-electron chi connectivity index (χ1n) is 9.34. The molecular formula is C21H26N2O3S. The molecule has 1 N–H and O–H groups in total. The molecule has 0 saturated heterocycles. The van der Waals surface area contributed by atoms with E-state index in [-0.39, 0.29) is 16.8 Å². The van der Waals surface area contributed by atoms with Crippen LogP contribution in [-0.4, -0.2) is 27.4 Å².